The van der Waals surface area contributed by atoms with Crippen LogP contribution in [0.5, 0.6) is 34.5 Å². The molecule has 0 saturated heterocycles. The number of pyridine rings is 6. The summed E-state index contributed by atoms with van der Waals surface area (Å²) in [6.45, 7) is 29.3. The van der Waals surface area contributed by atoms with Crippen LogP contribution in [-0.4, -0.2) is 117 Å². The van der Waals surface area contributed by atoms with E-state index in [1.54, 1.807) is 136 Å². The SMILES string of the molecule is CC(C)COc1cc2nc3c(cccc13)NC(=O)c1cc(OCC(C)C)c3cccc(c3n1)NC(=O)c1cc(OCC(C)C)c3cccc(c3n1)NC(=O)c1cc(c3cccc(NC(=O)C(C)(C)C)c3n1)OCCCCCCOc1cc(C(=O)O[C@@H]3C[C@H](C)CC[C@H]3C(C)C)nc3c(cccc13)NC(=O)c1cc(OCC(C)C)c3cccc(c3n1)NC2=O. The highest BCUT2D eigenvalue weighted by atomic mass is 16.5. The second-order valence-corrected chi connectivity index (χ2v) is 34.9. The predicted molar refractivity (Wildman–Crippen MR) is 480 cm³/mol. The number of anilines is 6. The van der Waals surface area contributed by atoms with Crippen molar-refractivity contribution in [2.45, 2.75) is 148 Å². The Hall–Kier alpha value is -13.1. The Bertz CT molecular complexity index is 6080. The van der Waals surface area contributed by atoms with Gasteiger partial charge in [-0.15, -0.1) is 0 Å². The number of amides is 6. The van der Waals surface area contributed by atoms with E-state index in [0.717, 1.165) is 12.8 Å². The first-order valence-corrected chi connectivity index (χ1v) is 42.5. The van der Waals surface area contributed by atoms with Crippen LogP contribution in [0.15, 0.2) is 146 Å². The van der Waals surface area contributed by atoms with E-state index in [0.29, 0.717) is 116 Å². The van der Waals surface area contributed by atoms with Gasteiger partial charge in [0.2, 0.25) is 5.91 Å². The van der Waals surface area contributed by atoms with Gasteiger partial charge in [-0.05, 0) is 153 Å². The Morgan fingerprint density at radius 3 is 1.10 bits per heavy atom. The van der Waals surface area contributed by atoms with Gasteiger partial charge >= 0.3 is 5.97 Å². The maximum Gasteiger partial charge on any atom is 0.357 e. The number of nitrogens with one attached hydrogen (secondary N) is 6. The maximum atomic E-state index is 15.2. The number of ether oxygens (including phenoxy) is 7. The summed E-state index contributed by atoms with van der Waals surface area (Å²) >= 11 is 0. The number of nitrogens with zero attached hydrogens (tertiary/aromatic N) is 6. The van der Waals surface area contributed by atoms with Crippen molar-refractivity contribution in [3.63, 3.8) is 0 Å². The number of carbonyl (C=O) groups excluding carboxylic acids is 7. The van der Waals surface area contributed by atoms with Crippen molar-refractivity contribution in [1.82, 2.24) is 29.9 Å². The van der Waals surface area contributed by atoms with E-state index in [4.69, 9.17) is 63.1 Å². The lowest BCUT2D eigenvalue weighted by molar-refractivity contribution is -0.123. The molecule has 6 aromatic heterocycles. The average molecular weight is 1660 g/mol. The highest BCUT2D eigenvalue weighted by molar-refractivity contribution is 6.17. The van der Waals surface area contributed by atoms with Gasteiger partial charge in [-0.1, -0.05) is 140 Å². The number of benzene rings is 6. The minimum Gasteiger partial charge on any atom is -0.493 e. The number of para-hydroxylation sites is 6. The van der Waals surface area contributed by atoms with Crippen LogP contribution in [-0.2, 0) is 9.53 Å². The summed E-state index contributed by atoms with van der Waals surface area (Å²) < 4.78 is 45.6. The number of hydrogen-bond donors (Lipinski definition) is 6. The lowest BCUT2D eigenvalue weighted by atomic mass is 9.75. The topological polar surface area (TPSA) is 334 Å². The zero-order chi connectivity index (χ0) is 87.1. The Balaban J connectivity index is 0.883. The fourth-order valence-corrected chi connectivity index (χ4v) is 14.9. The third-order valence-electron chi connectivity index (χ3n) is 21.4. The second kappa shape index (κ2) is 37.5. The molecule has 0 unspecified atom stereocenters. The van der Waals surface area contributed by atoms with E-state index in [-0.39, 0.29) is 177 Å². The number of carbonyl (C=O) groups is 7. The van der Waals surface area contributed by atoms with Gasteiger partial charge in [0.05, 0.1) is 107 Å². The first-order valence-electron chi connectivity index (χ1n) is 42.5. The van der Waals surface area contributed by atoms with Crippen molar-refractivity contribution < 1.29 is 66.7 Å². The van der Waals surface area contributed by atoms with Crippen molar-refractivity contribution in [3.05, 3.63) is 180 Å². The normalized spacial score (nSPS) is 16.1. The molecule has 6 amide bonds. The third kappa shape index (κ3) is 20.1. The summed E-state index contributed by atoms with van der Waals surface area (Å²) in [5.41, 5.74) is 1.50. The first-order chi connectivity index (χ1) is 59.0. The van der Waals surface area contributed by atoms with Crippen molar-refractivity contribution in [3.8, 4) is 34.5 Å². The Kier molecular flexibility index (Phi) is 26.3. The predicted octanol–water partition coefficient (Wildman–Crippen LogP) is 20.3. The van der Waals surface area contributed by atoms with E-state index < -0.39 is 40.9 Å². The summed E-state index contributed by atoms with van der Waals surface area (Å²) in [6.07, 6.45) is 4.83. The summed E-state index contributed by atoms with van der Waals surface area (Å²) in [4.78, 5) is 134. The summed E-state index contributed by atoms with van der Waals surface area (Å²) in [5, 5.41) is 21.2. The lowest BCUT2D eigenvalue weighted by Crippen LogP contribution is -2.36. The van der Waals surface area contributed by atoms with Crippen molar-refractivity contribution in [2.75, 3.05) is 71.5 Å². The van der Waals surface area contributed by atoms with Gasteiger partial charge in [-0.2, -0.15) is 0 Å². The molecule has 26 nitrogen and oxygen atoms in total. The van der Waals surface area contributed by atoms with Gasteiger partial charge in [0.15, 0.2) is 5.69 Å². The maximum absolute atomic E-state index is 15.2. The van der Waals surface area contributed by atoms with Crippen LogP contribution in [0.3, 0.4) is 0 Å². The summed E-state index contributed by atoms with van der Waals surface area (Å²) in [5.74, 6) is -1.49. The van der Waals surface area contributed by atoms with Crippen LogP contribution in [0.25, 0.3) is 65.4 Å². The molecule has 1 fully saturated rings. The average Bonchev–Trinajstić information content (AvgIpc) is 0.773. The number of hydrogen-bond acceptors (Lipinski definition) is 20. The van der Waals surface area contributed by atoms with Crippen LogP contribution >= 0.6 is 0 Å². The molecule has 0 radical (unpaired) electrons. The monoisotopic (exact) mass is 1660 g/mol. The van der Waals surface area contributed by atoms with Crippen LogP contribution in [0.4, 0.5) is 34.1 Å². The Morgan fingerprint density at radius 2 is 0.740 bits per heavy atom. The molecule has 3 atom stereocenters. The van der Waals surface area contributed by atoms with Crippen LogP contribution in [0, 0.1) is 46.8 Å². The van der Waals surface area contributed by atoms with Gasteiger partial charge in [-0.25, -0.2) is 34.7 Å². The molecule has 6 N–H and O–H groups in total. The Morgan fingerprint density at radius 1 is 0.415 bits per heavy atom. The highest BCUT2D eigenvalue weighted by Crippen LogP contribution is 2.42. The number of esters is 1. The molecule has 638 valence electrons. The van der Waals surface area contributed by atoms with Gasteiger partial charge in [-0.3, -0.25) is 28.8 Å². The molecule has 123 heavy (non-hydrogen) atoms. The number of rotatable bonds is 16. The summed E-state index contributed by atoms with van der Waals surface area (Å²) in [6, 6.07) is 40.5. The molecule has 1 saturated carbocycles. The van der Waals surface area contributed by atoms with Gasteiger partial charge in [0.25, 0.3) is 29.5 Å². The van der Waals surface area contributed by atoms with Crippen LogP contribution < -0.4 is 60.3 Å². The van der Waals surface area contributed by atoms with E-state index in [1.165, 1.54) is 18.2 Å². The molecular formula is C97H106N12O14. The molecule has 2 aliphatic rings. The molecule has 1 aliphatic carbocycles. The minimum absolute atomic E-state index is 0.00588. The zero-order valence-corrected chi connectivity index (χ0v) is 72.1. The third-order valence-corrected chi connectivity index (χ3v) is 21.4. The highest BCUT2D eigenvalue weighted by Gasteiger charge is 2.35. The molecule has 26 heteroatoms. The minimum atomic E-state index is -0.797. The standard InChI is InChI=1S/C97H106N12O14/c1-52(2)48-119-79-43-72-91(111)105-66-32-21-28-62-80(120-49-53(3)4)44-73(99-85(62)66)92(112)106-67-33-22-29-63-81(121-50-54(5)6)45-74(100-86(63)67)93(113)107-68-34-23-30-64-82(122-51-55(7)8)46-75(101-87(64)68)94(114)108-69-35-19-25-60-78(47-76(103-88(60)69)95(115)123-83-41-57(11)37-38-58(83)56(9)10)118-40-18-16-15-17-39-117-77-42-71(90(110)104-65-31-20-27-61(79)84(65)98-72)102-89-59(77)26-24-36-70(89)109-96(116)97(12,13)14/h19-36,42-47,52-58,83H,15-18,37-41,48-51H2,1-14H3,(H,104,110)(H,105,111)(H,106,112)(H,107,113)(H,108,114)(H,109,116)/t57-,58+,83-/m1/s1. The smallest absolute Gasteiger partial charge is 0.357 e. The van der Waals surface area contributed by atoms with Crippen LogP contribution in [0.1, 0.15) is 205 Å². The lowest BCUT2D eigenvalue weighted by Gasteiger charge is -2.36. The van der Waals surface area contributed by atoms with Gasteiger partial charge < -0.3 is 65.1 Å². The fourth-order valence-electron chi connectivity index (χ4n) is 14.9. The fraction of sp³-hybridized carbons (Fsp3) is 0.371. The molecule has 7 heterocycles. The molecule has 6 aromatic carbocycles. The van der Waals surface area contributed by atoms with Crippen LogP contribution in [0.2, 0.25) is 0 Å². The molecule has 14 rings (SSSR count). The van der Waals surface area contributed by atoms with E-state index in [9.17, 15) is 9.59 Å². The van der Waals surface area contributed by atoms with Gasteiger partial charge in [0, 0.05) is 74.1 Å². The number of aromatic nitrogens is 6. The number of fused-ring (bicyclic) bond motifs is 8. The van der Waals surface area contributed by atoms with E-state index >= 15 is 24.0 Å². The first kappa shape index (κ1) is 86.3. The quantitative estimate of drug-likeness (QED) is 0.0489. The Labute approximate surface area is 714 Å². The largest absolute Gasteiger partial charge is 0.493 e. The molecule has 12 aromatic rings. The molecule has 14 bridgehead atoms. The summed E-state index contributed by atoms with van der Waals surface area (Å²) in [7, 11) is 0. The van der Waals surface area contributed by atoms with Crippen molar-refractivity contribution in [1.29, 1.82) is 0 Å². The van der Waals surface area contributed by atoms with Crippen molar-refractivity contribution >= 4 is 141 Å². The molecular weight excluding hydrogens is 1560 g/mol. The van der Waals surface area contributed by atoms with E-state index in [2.05, 4.69) is 52.7 Å². The second-order valence-electron chi connectivity index (χ2n) is 34.9. The zero-order valence-electron chi connectivity index (χ0n) is 72.1. The van der Waals surface area contributed by atoms with Gasteiger partial charge in [0.1, 0.15) is 69.1 Å². The van der Waals surface area contributed by atoms with Crippen molar-refractivity contribution in [2.24, 2.45) is 46.8 Å². The van der Waals surface area contributed by atoms with E-state index in [1.807, 2.05) is 67.5 Å². The molecule has 1 aliphatic heterocycles. The molecule has 0 spiro atoms.